The minimum absolute atomic E-state index is 0.429. The van der Waals surface area contributed by atoms with Gasteiger partial charge in [-0.2, -0.15) is 5.10 Å². The van der Waals surface area contributed by atoms with E-state index < -0.39 is 17.5 Å². The van der Waals surface area contributed by atoms with Gasteiger partial charge in [0.15, 0.2) is 0 Å². The average Bonchev–Trinajstić information content (AvgIpc) is 2.97. The third kappa shape index (κ3) is 3.73. The molecule has 0 spiro atoms. The van der Waals surface area contributed by atoms with Crippen LogP contribution in [-0.2, 0) is 10.3 Å². The fourth-order valence-corrected chi connectivity index (χ4v) is 3.10. The van der Waals surface area contributed by atoms with E-state index in [4.69, 9.17) is 4.74 Å². The number of hydrogen-bond donors (Lipinski definition) is 1. The smallest absolute Gasteiger partial charge is 0.346 e. The van der Waals surface area contributed by atoms with E-state index in [-0.39, 0.29) is 0 Å². The maximum atomic E-state index is 12.9. The Morgan fingerprint density at radius 2 is 1.55 bits per heavy atom. The molecule has 6 nitrogen and oxygen atoms in total. The van der Waals surface area contributed by atoms with E-state index in [1.165, 1.54) is 6.21 Å². The zero-order valence-electron chi connectivity index (χ0n) is 15.8. The molecule has 29 heavy (non-hydrogen) atoms. The van der Waals surface area contributed by atoms with Gasteiger partial charge in [0.05, 0.1) is 6.21 Å². The Balaban J connectivity index is 1.53. The second kappa shape index (κ2) is 7.59. The third-order valence-corrected chi connectivity index (χ3v) is 4.68. The molecule has 1 atom stereocenters. The van der Waals surface area contributed by atoms with Gasteiger partial charge in [-0.05, 0) is 42.3 Å². The Kier molecular flexibility index (Phi) is 4.83. The van der Waals surface area contributed by atoms with Crippen molar-refractivity contribution >= 4 is 18.2 Å². The van der Waals surface area contributed by atoms with Crippen molar-refractivity contribution in [2.75, 3.05) is 0 Å². The third-order valence-electron chi connectivity index (χ3n) is 4.68. The van der Waals surface area contributed by atoms with E-state index in [0.29, 0.717) is 22.6 Å². The van der Waals surface area contributed by atoms with Crippen LogP contribution in [0.5, 0.6) is 11.5 Å². The van der Waals surface area contributed by atoms with Crippen LogP contribution in [0, 0.1) is 0 Å². The number of ether oxygens (including phenoxy) is 1. The molecule has 6 heteroatoms. The normalized spacial score (nSPS) is 18.9. The van der Waals surface area contributed by atoms with Gasteiger partial charge < -0.3 is 10.1 Å². The highest BCUT2D eigenvalue weighted by molar-refractivity contribution is 6.07. The second-order valence-corrected chi connectivity index (χ2v) is 6.77. The number of amides is 3. The molecule has 0 aromatic heterocycles. The van der Waals surface area contributed by atoms with Crippen molar-refractivity contribution in [3.8, 4) is 11.5 Å². The quantitative estimate of drug-likeness (QED) is 0.526. The van der Waals surface area contributed by atoms with Crippen LogP contribution in [0.2, 0.25) is 0 Å². The van der Waals surface area contributed by atoms with Crippen molar-refractivity contribution in [2.45, 2.75) is 12.5 Å². The molecule has 1 saturated heterocycles. The summed E-state index contributed by atoms with van der Waals surface area (Å²) < 4.78 is 5.80. The number of nitrogens with zero attached hydrogens (tertiary/aromatic N) is 2. The van der Waals surface area contributed by atoms with Gasteiger partial charge in [-0.25, -0.2) is 4.79 Å². The number of hydrazone groups is 1. The molecule has 0 bridgehead atoms. The molecule has 1 aliphatic heterocycles. The highest BCUT2D eigenvalue weighted by Crippen LogP contribution is 2.29. The summed E-state index contributed by atoms with van der Waals surface area (Å²) in [5.41, 5.74) is 0.259. The fraction of sp³-hybridized carbons (Fsp3) is 0.0870. The van der Waals surface area contributed by atoms with Crippen LogP contribution < -0.4 is 10.1 Å². The summed E-state index contributed by atoms with van der Waals surface area (Å²) >= 11 is 0. The fourth-order valence-electron chi connectivity index (χ4n) is 3.10. The molecule has 1 N–H and O–H groups in total. The second-order valence-electron chi connectivity index (χ2n) is 6.77. The van der Waals surface area contributed by atoms with E-state index in [2.05, 4.69) is 10.4 Å². The molecule has 1 heterocycles. The van der Waals surface area contributed by atoms with Crippen LogP contribution in [0.1, 0.15) is 18.1 Å². The molecule has 3 amide bonds. The predicted molar refractivity (Wildman–Crippen MR) is 110 cm³/mol. The van der Waals surface area contributed by atoms with Gasteiger partial charge in [0.25, 0.3) is 5.91 Å². The van der Waals surface area contributed by atoms with Gasteiger partial charge in [-0.15, -0.1) is 5.01 Å². The molecule has 0 radical (unpaired) electrons. The number of carbonyl (C=O) groups is 2. The summed E-state index contributed by atoms with van der Waals surface area (Å²) in [5, 5.41) is 7.70. The van der Waals surface area contributed by atoms with E-state index in [9.17, 15) is 9.59 Å². The van der Waals surface area contributed by atoms with Gasteiger partial charge in [0.2, 0.25) is 0 Å². The van der Waals surface area contributed by atoms with Crippen molar-refractivity contribution in [1.82, 2.24) is 10.3 Å². The van der Waals surface area contributed by atoms with Crippen LogP contribution >= 0.6 is 0 Å². The summed E-state index contributed by atoms with van der Waals surface area (Å²) in [6.45, 7) is 1.67. The lowest BCUT2D eigenvalue weighted by molar-refractivity contribution is -0.131. The van der Waals surface area contributed by atoms with Crippen molar-refractivity contribution in [3.05, 3.63) is 96.1 Å². The minimum atomic E-state index is -1.14. The first-order chi connectivity index (χ1) is 14.1. The highest BCUT2D eigenvalue weighted by Gasteiger charge is 2.49. The van der Waals surface area contributed by atoms with E-state index in [0.717, 1.165) is 5.01 Å². The van der Waals surface area contributed by atoms with Crippen molar-refractivity contribution < 1.29 is 14.3 Å². The van der Waals surface area contributed by atoms with Crippen molar-refractivity contribution in [3.63, 3.8) is 0 Å². The topological polar surface area (TPSA) is 71.0 Å². The van der Waals surface area contributed by atoms with Gasteiger partial charge in [-0.1, -0.05) is 60.7 Å². The van der Waals surface area contributed by atoms with E-state index in [1.807, 2.05) is 66.7 Å². The molecule has 3 aromatic rings. The number of benzene rings is 3. The number of para-hydroxylation sites is 1. The van der Waals surface area contributed by atoms with Crippen LogP contribution in [0.3, 0.4) is 0 Å². The molecular weight excluding hydrogens is 366 g/mol. The van der Waals surface area contributed by atoms with Crippen molar-refractivity contribution in [2.24, 2.45) is 5.10 Å². The first-order valence-electron chi connectivity index (χ1n) is 9.15. The van der Waals surface area contributed by atoms with Gasteiger partial charge >= 0.3 is 6.03 Å². The molecule has 0 unspecified atom stereocenters. The summed E-state index contributed by atoms with van der Waals surface area (Å²) in [6.07, 6.45) is 1.46. The van der Waals surface area contributed by atoms with Crippen LogP contribution in [0.25, 0.3) is 0 Å². The number of urea groups is 1. The lowest BCUT2D eigenvalue weighted by Gasteiger charge is -2.20. The Morgan fingerprint density at radius 1 is 0.897 bits per heavy atom. The van der Waals surface area contributed by atoms with Crippen LogP contribution in [0.4, 0.5) is 4.79 Å². The van der Waals surface area contributed by atoms with E-state index in [1.54, 1.807) is 25.1 Å². The van der Waals surface area contributed by atoms with Gasteiger partial charge in [0.1, 0.15) is 17.0 Å². The van der Waals surface area contributed by atoms with Crippen LogP contribution in [0.15, 0.2) is 90.0 Å². The summed E-state index contributed by atoms with van der Waals surface area (Å²) in [7, 11) is 0. The number of hydrogen-bond acceptors (Lipinski definition) is 4. The number of imide groups is 1. The summed E-state index contributed by atoms with van der Waals surface area (Å²) in [4.78, 5) is 25.2. The maximum absolute atomic E-state index is 12.9. The van der Waals surface area contributed by atoms with Crippen LogP contribution in [-0.4, -0.2) is 23.2 Å². The first-order valence-corrected chi connectivity index (χ1v) is 9.15. The molecule has 0 saturated carbocycles. The predicted octanol–water partition coefficient (Wildman–Crippen LogP) is 4.28. The maximum Gasteiger partial charge on any atom is 0.346 e. The average molecular weight is 385 g/mol. The zero-order chi connectivity index (χ0) is 20.3. The minimum Gasteiger partial charge on any atom is -0.457 e. The Bertz CT molecular complexity index is 1070. The molecular formula is C23H19N3O3. The lowest BCUT2D eigenvalue weighted by atomic mass is 9.92. The SMILES string of the molecule is C[C@@]1(c2ccccc2)NC(=O)N(/N=C\c2cccc(Oc3ccccc3)c2)C1=O. The van der Waals surface area contributed by atoms with Gasteiger partial charge in [-0.3, -0.25) is 4.79 Å². The Morgan fingerprint density at radius 3 is 2.28 bits per heavy atom. The highest BCUT2D eigenvalue weighted by atomic mass is 16.5. The van der Waals surface area contributed by atoms with Crippen molar-refractivity contribution in [1.29, 1.82) is 0 Å². The Hall–Kier alpha value is -3.93. The number of carbonyl (C=O) groups excluding carboxylic acids is 2. The molecule has 144 valence electrons. The zero-order valence-corrected chi connectivity index (χ0v) is 15.8. The molecule has 1 aliphatic rings. The standard InChI is InChI=1S/C23H19N3O3/c1-23(18-10-4-2-5-11-18)21(27)26(22(28)25-23)24-16-17-9-8-14-20(15-17)29-19-12-6-3-7-13-19/h2-16H,1H3,(H,25,28)/b24-16-/t23-/m0/s1. The summed E-state index contributed by atoms with van der Waals surface area (Å²) in [6, 6.07) is 25.2. The number of nitrogens with one attached hydrogen (secondary N) is 1. The Labute approximate surface area is 168 Å². The largest absolute Gasteiger partial charge is 0.457 e. The number of rotatable bonds is 5. The van der Waals surface area contributed by atoms with Gasteiger partial charge in [0, 0.05) is 0 Å². The first kappa shape index (κ1) is 18.4. The monoisotopic (exact) mass is 385 g/mol. The molecule has 1 fully saturated rings. The molecule has 3 aromatic carbocycles. The molecule has 4 rings (SSSR count). The lowest BCUT2D eigenvalue weighted by Crippen LogP contribution is -2.40. The summed E-state index contributed by atoms with van der Waals surface area (Å²) in [5.74, 6) is 0.919. The van der Waals surface area contributed by atoms with E-state index >= 15 is 0 Å². The molecule has 0 aliphatic carbocycles.